The van der Waals surface area contributed by atoms with Crippen LogP contribution in [0.4, 0.5) is 5.69 Å². The molecule has 0 bridgehead atoms. The first-order valence-electron chi connectivity index (χ1n) is 9.37. The van der Waals surface area contributed by atoms with Crippen molar-refractivity contribution in [3.8, 4) is 9.88 Å². The van der Waals surface area contributed by atoms with Gasteiger partial charge >= 0.3 is 0 Å². The summed E-state index contributed by atoms with van der Waals surface area (Å²) in [4.78, 5) is 33.2. The Bertz CT molecular complexity index is 991. The summed E-state index contributed by atoms with van der Waals surface area (Å²) >= 11 is 4.91. The Hall–Kier alpha value is -2.16. The van der Waals surface area contributed by atoms with Gasteiger partial charge in [-0.15, -0.1) is 22.7 Å². The summed E-state index contributed by atoms with van der Waals surface area (Å²) in [6.07, 6.45) is 0.400. The van der Waals surface area contributed by atoms with E-state index in [0.717, 1.165) is 45.7 Å². The molecule has 0 spiro atoms. The van der Waals surface area contributed by atoms with Crippen LogP contribution in [0.5, 0.6) is 0 Å². The fourth-order valence-corrected chi connectivity index (χ4v) is 5.77. The molecular formula is C21H21N3O2S3. The molecule has 5 nitrogen and oxygen atoms in total. The summed E-state index contributed by atoms with van der Waals surface area (Å²) in [7, 11) is 0. The van der Waals surface area contributed by atoms with Gasteiger partial charge in [0.15, 0.2) is 0 Å². The lowest BCUT2D eigenvalue weighted by Gasteiger charge is -2.26. The van der Waals surface area contributed by atoms with E-state index >= 15 is 0 Å². The Morgan fingerprint density at radius 3 is 2.59 bits per heavy atom. The zero-order valence-electron chi connectivity index (χ0n) is 16.0. The molecule has 1 fully saturated rings. The largest absolute Gasteiger partial charge is 0.341 e. The standard InChI is InChI=1S/C21H21N3O2S3/c1-14-19(29-21(22-14)17-3-2-10-28-17)20(26)23-16-6-4-15(5-7-16)13-18(25)24-8-11-27-12-9-24/h2-7,10H,8-9,11-13H2,1H3,(H,23,26). The fourth-order valence-electron chi connectivity index (χ4n) is 3.11. The Kier molecular flexibility index (Phi) is 6.32. The van der Waals surface area contributed by atoms with Gasteiger partial charge in [0.05, 0.1) is 17.0 Å². The highest BCUT2D eigenvalue weighted by Crippen LogP contribution is 2.31. The molecule has 1 aromatic carbocycles. The number of thiophene rings is 1. The van der Waals surface area contributed by atoms with Crippen LogP contribution in [0.15, 0.2) is 41.8 Å². The molecular weight excluding hydrogens is 422 g/mol. The number of hydrogen-bond donors (Lipinski definition) is 1. The van der Waals surface area contributed by atoms with E-state index < -0.39 is 0 Å². The first kappa shape index (κ1) is 20.1. The second-order valence-electron chi connectivity index (χ2n) is 6.73. The van der Waals surface area contributed by atoms with Crippen molar-refractivity contribution in [2.24, 2.45) is 0 Å². The van der Waals surface area contributed by atoms with Gasteiger partial charge in [-0.1, -0.05) is 18.2 Å². The number of rotatable bonds is 5. The fraction of sp³-hybridized carbons (Fsp3) is 0.286. The molecule has 0 radical (unpaired) electrons. The monoisotopic (exact) mass is 443 g/mol. The van der Waals surface area contributed by atoms with Gasteiger partial charge in [0, 0.05) is 30.3 Å². The van der Waals surface area contributed by atoms with E-state index in [9.17, 15) is 9.59 Å². The Labute approximate surface area is 182 Å². The molecule has 0 aliphatic carbocycles. The maximum atomic E-state index is 12.7. The molecule has 1 N–H and O–H groups in total. The van der Waals surface area contributed by atoms with E-state index in [4.69, 9.17) is 0 Å². The number of thiazole rings is 1. The molecule has 1 aliphatic rings. The number of aromatic nitrogens is 1. The van der Waals surface area contributed by atoms with Gasteiger partial charge in [-0.05, 0) is 36.1 Å². The molecule has 3 heterocycles. The van der Waals surface area contributed by atoms with Crippen molar-refractivity contribution in [3.63, 3.8) is 0 Å². The third-order valence-electron chi connectivity index (χ3n) is 4.67. The smallest absolute Gasteiger partial charge is 0.267 e. The summed E-state index contributed by atoms with van der Waals surface area (Å²) < 4.78 is 0. The number of nitrogens with one attached hydrogen (secondary N) is 1. The van der Waals surface area contributed by atoms with Gasteiger partial charge in [0.1, 0.15) is 9.88 Å². The van der Waals surface area contributed by atoms with Crippen molar-refractivity contribution in [1.82, 2.24) is 9.88 Å². The molecule has 29 heavy (non-hydrogen) atoms. The number of anilines is 1. The summed E-state index contributed by atoms with van der Waals surface area (Å²) in [6.45, 7) is 3.52. The first-order chi connectivity index (χ1) is 14.1. The molecule has 4 rings (SSSR count). The zero-order valence-corrected chi connectivity index (χ0v) is 18.5. The molecule has 8 heteroatoms. The number of carbonyl (C=O) groups excluding carboxylic acids is 2. The number of hydrogen-bond acceptors (Lipinski definition) is 6. The molecule has 1 aliphatic heterocycles. The molecule has 2 aromatic heterocycles. The van der Waals surface area contributed by atoms with Gasteiger partial charge in [0.2, 0.25) is 5.91 Å². The van der Waals surface area contributed by atoms with E-state index in [-0.39, 0.29) is 11.8 Å². The number of benzene rings is 1. The minimum Gasteiger partial charge on any atom is -0.341 e. The summed E-state index contributed by atoms with van der Waals surface area (Å²) in [5, 5.41) is 5.81. The highest BCUT2D eigenvalue weighted by atomic mass is 32.2. The lowest BCUT2D eigenvalue weighted by atomic mass is 10.1. The zero-order chi connectivity index (χ0) is 20.2. The van der Waals surface area contributed by atoms with Crippen LogP contribution < -0.4 is 5.32 Å². The maximum absolute atomic E-state index is 12.7. The predicted molar refractivity (Wildman–Crippen MR) is 122 cm³/mol. The quantitative estimate of drug-likeness (QED) is 0.628. The number of aryl methyl sites for hydroxylation is 1. The van der Waals surface area contributed by atoms with Crippen LogP contribution in [0.25, 0.3) is 9.88 Å². The predicted octanol–water partition coefficient (Wildman–Crippen LogP) is 4.55. The number of carbonyl (C=O) groups is 2. The van der Waals surface area contributed by atoms with Gasteiger partial charge in [-0.2, -0.15) is 11.8 Å². The third-order valence-corrected chi connectivity index (χ3v) is 7.80. The average Bonchev–Trinajstić information content (AvgIpc) is 3.40. The van der Waals surface area contributed by atoms with Crippen LogP contribution in [0.2, 0.25) is 0 Å². The van der Waals surface area contributed by atoms with Gasteiger partial charge in [0.25, 0.3) is 5.91 Å². The van der Waals surface area contributed by atoms with Crippen LogP contribution in [0, 0.1) is 6.92 Å². The van der Waals surface area contributed by atoms with Crippen LogP contribution in [-0.4, -0.2) is 46.3 Å². The van der Waals surface area contributed by atoms with Gasteiger partial charge in [-0.3, -0.25) is 9.59 Å². The minimum absolute atomic E-state index is 0.155. The topological polar surface area (TPSA) is 62.3 Å². The molecule has 0 atom stereocenters. The van der Waals surface area contributed by atoms with Crippen molar-refractivity contribution >= 4 is 51.9 Å². The Morgan fingerprint density at radius 2 is 1.90 bits per heavy atom. The molecule has 150 valence electrons. The van der Waals surface area contributed by atoms with E-state index in [1.165, 1.54) is 11.3 Å². The second kappa shape index (κ2) is 9.11. The molecule has 2 amide bonds. The van der Waals surface area contributed by atoms with Crippen LogP contribution in [0.1, 0.15) is 20.9 Å². The second-order valence-corrected chi connectivity index (χ2v) is 9.90. The Morgan fingerprint density at radius 1 is 1.14 bits per heavy atom. The van der Waals surface area contributed by atoms with E-state index in [1.807, 2.05) is 65.4 Å². The SMILES string of the molecule is Cc1nc(-c2cccs2)sc1C(=O)Nc1ccc(CC(=O)N2CCSCC2)cc1. The van der Waals surface area contributed by atoms with Gasteiger partial charge < -0.3 is 10.2 Å². The Balaban J connectivity index is 1.38. The third kappa shape index (κ3) is 4.88. The van der Waals surface area contributed by atoms with Crippen molar-refractivity contribution in [2.45, 2.75) is 13.3 Å². The molecule has 0 saturated carbocycles. The lowest BCUT2D eigenvalue weighted by molar-refractivity contribution is -0.130. The molecule has 0 unspecified atom stereocenters. The van der Waals surface area contributed by atoms with Crippen LogP contribution in [0.3, 0.4) is 0 Å². The van der Waals surface area contributed by atoms with Crippen LogP contribution >= 0.6 is 34.4 Å². The lowest BCUT2D eigenvalue weighted by Crippen LogP contribution is -2.38. The average molecular weight is 444 g/mol. The first-order valence-corrected chi connectivity index (χ1v) is 12.2. The van der Waals surface area contributed by atoms with E-state index in [2.05, 4.69) is 10.3 Å². The van der Waals surface area contributed by atoms with Crippen molar-refractivity contribution in [1.29, 1.82) is 0 Å². The van der Waals surface area contributed by atoms with Crippen molar-refractivity contribution in [3.05, 3.63) is 57.9 Å². The van der Waals surface area contributed by atoms with Crippen molar-refractivity contribution in [2.75, 3.05) is 29.9 Å². The molecule has 3 aromatic rings. The van der Waals surface area contributed by atoms with E-state index in [1.54, 1.807) is 11.3 Å². The van der Waals surface area contributed by atoms with E-state index in [0.29, 0.717) is 17.0 Å². The number of thioether (sulfide) groups is 1. The summed E-state index contributed by atoms with van der Waals surface area (Å²) in [5.74, 6) is 2.05. The maximum Gasteiger partial charge on any atom is 0.267 e. The van der Waals surface area contributed by atoms with Crippen molar-refractivity contribution < 1.29 is 9.59 Å². The summed E-state index contributed by atoms with van der Waals surface area (Å²) in [6, 6.07) is 11.5. The number of amides is 2. The molecule has 1 saturated heterocycles. The van der Waals surface area contributed by atoms with Gasteiger partial charge in [-0.25, -0.2) is 4.98 Å². The number of nitrogens with zero attached hydrogens (tertiary/aromatic N) is 2. The highest BCUT2D eigenvalue weighted by molar-refractivity contribution is 7.99. The normalized spacial score (nSPS) is 14.0. The summed E-state index contributed by atoms with van der Waals surface area (Å²) in [5.41, 5.74) is 2.41. The highest BCUT2D eigenvalue weighted by Gasteiger charge is 2.18. The van der Waals surface area contributed by atoms with Crippen LogP contribution in [-0.2, 0) is 11.2 Å². The minimum atomic E-state index is -0.155.